The van der Waals surface area contributed by atoms with Crippen LogP contribution in [0.3, 0.4) is 0 Å². The van der Waals surface area contributed by atoms with Gasteiger partial charge in [0.1, 0.15) is 0 Å². The Balaban J connectivity index is 1.40. The van der Waals surface area contributed by atoms with Gasteiger partial charge in [-0.1, -0.05) is 42.5 Å². The smallest absolute Gasteiger partial charge is 0.231 e. The summed E-state index contributed by atoms with van der Waals surface area (Å²) in [7, 11) is 0. The van der Waals surface area contributed by atoms with E-state index < -0.39 is 0 Å². The van der Waals surface area contributed by atoms with Gasteiger partial charge in [0.2, 0.25) is 12.7 Å². The van der Waals surface area contributed by atoms with Crippen LogP contribution in [-0.4, -0.2) is 29.1 Å². The molecule has 0 bridgehead atoms. The zero-order valence-corrected chi connectivity index (χ0v) is 16.3. The molecule has 0 N–H and O–H groups in total. The molecule has 1 aromatic heterocycles. The maximum atomic E-state index is 13.0. The van der Waals surface area contributed by atoms with Crippen LogP contribution in [0.2, 0.25) is 0 Å². The van der Waals surface area contributed by atoms with Crippen molar-refractivity contribution in [3.63, 3.8) is 0 Å². The van der Waals surface area contributed by atoms with Crippen LogP contribution >= 0.6 is 0 Å². The molecule has 0 fully saturated rings. The lowest BCUT2D eigenvalue weighted by atomic mass is 10.1. The Morgan fingerprint density at radius 2 is 1.72 bits per heavy atom. The molecule has 0 atom stereocenters. The van der Waals surface area contributed by atoms with E-state index in [9.17, 15) is 4.79 Å². The molecule has 0 radical (unpaired) electrons. The van der Waals surface area contributed by atoms with Crippen molar-refractivity contribution >= 4 is 5.91 Å². The monoisotopic (exact) mass is 388 g/mol. The van der Waals surface area contributed by atoms with E-state index in [1.54, 1.807) is 6.20 Å². The Bertz CT molecular complexity index is 945. The number of carbonyl (C=O) groups excluding carboxylic acids is 1. The summed E-state index contributed by atoms with van der Waals surface area (Å²) in [4.78, 5) is 19.3. The van der Waals surface area contributed by atoms with E-state index in [2.05, 4.69) is 17.1 Å². The number of fused-ring (bicyclic) bond motifs is 1. The average molecular weight is 388 g/mol. The lowest BCUT2D eigenvalue weighted by molar-refractivity contribution is -0.131. The van der Waals surface area contributed by atoms with Crippen molar-refractivity contribution in [2.24, 2.45) is 0 Å². The minimum Gasteiger partial charge on any atom is -0.454 e. The molecule has 1 aliphatic rings. The first-order valence-corrected chi connectivity index (χ1v) is 9.88. The van der Waals surface area contributed by atoms with Gasteiger partial charge in [0.05, 0.1) is 12.2 Å². The molecule has 0 saturated carbocycles. The number of benzene rings is 2. The van der Waals surface area contributed by atoms with Gasteiger partial charge in [-0.2, -0.15) is 0 Å². The third kappa shape index (κ3) is 5.13. The number of aromatic nitrogens is 1. The number of hydrogen-bond donors (Lipinski definition) is 0. The minimum atomic E-state index is 0.129. The first-order chi connectivity index (χ1) is 14.3. The van der Waals surface area contributed by atoms with Gasteiger partial charge >= 0.3 is 0 Å². The summed E-state index contributed by atoms with van der Waals surface area (Å²) in [5.41, 5.74) is 3.20. The highest BCUT2D eigenvalue weighted by molar-refractivity contribution is 5.76. The topological polar surface area (TPSA) is 51.7 Å². The average Bonchev–Trinajstić information content (AvgIpc) is 3.24. The van der Waals surface area contributed by atoms with Crippen LogP contribution in [0.5, 0.6) is 11.5 Å². The molecule has 148 valence electrons. The molecule has 3 aromatic rings. The fourth-order valence-corrected chi connectivity index (χ4v) is 3.39. The summed E-state index contributed by atoms with van der Waals surface area (Å²) >= 11 is 0. The number of ether oxygens (including phenoxy) is 2. The van der Waals surface area contributed by atoms with Crippen molar-refractivity contribution in [3.05, 3.63) is 89.7 Å². The van der Waals surface area contributed by atoms with Crippen molar-refractivity contribution in [3.8, 4) is 11.5 Å². The second kappa shape index (κ2) is 9.24. The van der Waals surface area contributed by atoms with Crippen LogP contribution in [0.15, 0.2) is 72.9 Å². The van der Waals surface area contributed by atoms with Gasteiger partial charge < -0.3 is 14.4 Å². The van der Waals surface area contributed by atoms with E-state index in [0.717, 1.165) is 29.2 Å². The lowest BCUT2D eigenvalue weighted by Gasteiger charge is -2.23. The van der Waals surface area contributed by atoms with Gasteiger partial charge in [-0.05, 0) is 48.2 Å². The predicted octanol–water partition coefficient (Wildman–Crippen LogP) is 4.01. The molecule has 2 heterocycles. The highest BCUT2D eigenvalue weighted by Crippen LogP contribution is 2.32. The van der Waals surface area contributed by atoms with Gasteiger partial charge in [-0.3, -0.25) is 9.78 Å². The molecule has 0 aliphatic carbocycles. The Morgan fingerprint density at radius 3 is 2.55 bits per heavy atom. The molecule has 5 nitrogen and oxygen atoms in total. The molecule has 2 aromatic carbocycles. The van der Waals surface area contributed by atoms with E-state index in [4.69, 9.17) is 9.47 Å². The van der Waals surface area contributed by atoms with Gasteiger partial charge in [0.15, 0.2) is 11.5 Å². The Labute approximate surface area is 170 Å². The number of aryl methyl sites for hydroxylation is 1. The first-order valence-electron chi connectivity index (χ1n) is 9.88. The Hall–Kier alpha value is -3.34. The minimum absolute atomic E-state index is 0.129. The molecule has 5 heteroatoms. The number of rotatable bonds is 8. The van der Waals surface area contributed by atoms with Gasteiger partial charge in [0, 0.05) is 19.2 Å². The molecule has 0 saturated heterocycles. The third-order valence-electron chi connectivity index (χ3n) is 5.01. The highest BCUT2D eigenvalue weighted by Gasteiger charge is 2.17. The normalized spacial score (nSPS) is 12.0. The SMILES string of the molecule is O=C(CCc1ccc2c(c1)OCO2)N(CCc1ccccc1)Cc1ccccn1. The van der Waals surface area contributed by atoms with Crippen LogP contribution in [0, 0.1) is 0 Å². The lowest BCUT2D eigenvalue weighted by Crippen LogP contribution is -2.33. The van der Waals surface area contributed by atoms with E-state index in [-0.39, 0.29) is 12.7 Å². The van der Waals surface area contributed by atoms with E-state index in [0.29, 0.717) is 25.9 Å². The number of amides is 1. The standard InChI is InChI=1S/C24H24N2O3/c27-24(12-10-20-9-11-22-23(16-20)29-18-28-22)26(17-21-8-4-5-14-25-21)15-13-19-6-2-1-3-7-19/h1-9,11,14,16H,10,12-13,15,17-18H2. The molecule has 4 rings (SSSR count). The fourth-order valence-electron chi connectivity index (χ4n) is 3.39. The van der Waals surface area contributed by atoms with Gasteiger partial charge in [-0.15, -0.1) is 0 Å². The van der Waals surface area contributed by atoms with E-state index in [1.165, 1.54) is 5.56 Å². The zero-order valence-electron chi connectivity index (χ0n) is 16.3. The van der Waals surface area contributed by atoms with Crippen molar-refractivity contribution in [1.29, 1.82) is 0 Å². The van der Waals surface area contributed by atoms with Crippen molar-refractivity contribution in [1.82, 2.24) is 9.88 Å². The molecular formula is C24H24N2O3. The maximum absolute atomic E-state index is 13.0. The Kier molecular flexibility index (Phi) is 6.05. The molecule has 0 spiro atoms. The van der Waals surface area contributed by atoms with Crippen molar-refractivity contribution in [2.45, 2.75) is 25.8 Å². The van der Waals surface area contributed by atoms with Crippen molar-refractivity contribution < 1.29 is 14.3 Å². The summed E-state index contributed by atoms with van der Waals surface area (Å²) in [5.74, 6) is 1.65. The van der Waals surface area contributed by atoms with Crippen LogP contribution < -0.4 is 9.47 Å². The number of carbonyl (C=O) groups is 1. The summed E-state index contributed by atoms with van der Waals surface area (Å²) in [6.07, 6.45) is 3.70. The van der Waals surface area contributed by atoms with E-state index >= 15 is 0 Å². The van der Waals surface area contributed by atoms with Gasteiger partial charge in [0.25, 0.3) is 0 Å². The second-order valence-corrected chi connectivity index (χ2v) is 7.06. The van der Waals surface area contributed by atoms with Crippen LogP contribution in [-0.2, 0) is 24.2 Å². The third-order valence-corrected chi connectivity index (χ3v) is 5.01. The molecule has 1 amide bonds. The summed E-state index contributed by atoms with van der Waals surface area (Å²) in [6.45, 7) is 1.45. The zero-order chi connectivity index (χ0) is 19.9. The molecule has 0 unspecified atom stereocenters. The van der Waals surface area contributed by atoms with Crippen LogP contribution in [0.1, 0.15) is 23.2 Å². The quantitative estimate of drug-likeness (QED) is 0.585. The molecular weight excluding hydrogens is 364 g/mol. The summed E-state index contributed by atoms with van der Waals surface area (Å²) in [5, 5.41) is 0. The maximum Gasteiger partial charge on any atom is 0.231 e. The van der Waals surface area contributed by atoms with Crippen molar-refractivity contribution in [2.75, 3.05) is 13.3 Å². The summed E-state index contributed by atoms with van der Waals surface area (Å²) in [6, 6.07) is 21.9. The van der Waals surface area contributed by atoms with Crippen LogP contribution in [0.4, 0.5) is 0 Å². The molecule has 1 aliphatic heterocycles. The Morgan fingerprint density at radius 1 is 0.897 bits per heavy atom. The van der Waals surface area contributed by atoms with Gasteiger partial charge in [-0.25, -0.2) is 0 Å². The highest BCUT2D eigenvalue weighted by atomic mass is 16.7. The first kappa shape index (κ1) is 19.0. The second-order valence-electron chi connectivity index (χ2n) is 7.06. The number of hydrogen-bond acceptors (Lipinski definition) is 4. The fraction of sp³-hybridized carbons (Fsp3) is 0.250. The van der Waals surface area contributed by atoms with E-state index in [1.807, 2.05) is 59.5 Å². The number of pyridine rings is 1. The largest absolute Gasteiger partial charge is 0.454 e. The number of nitrogens with zero attached hydrogens (tertiary/aromatic N) is 2. The summed E-state index contributed by atoms with van der Waals surface area (Å²) < 4.78 is 10.8. The molecule has 29 heavy (non-hydrogen) atoms. The van der Waals surface area contributed by atoms with Crippen LogP contribution in [0.25, 0.3) is 0 Å². The predicted molar refractivity (Wildman–Crippen MR) is 111 cm³/mol.